The highest BCUT2D eigenvalue weighted by Crippen LogP contribution is 2.36. The van der Waals surface area contributed by atoms with E-state index >= 15 is 0 Å². The molecule has 2 aromatic carbocycles. The van der Waals surface area contributed by atoms with E-state index in [0.717, 1.165) is 6.07 Å². The number of anilines is 1. The number of nitrogens with two attached hydrogens (primary N) is 3. The van der Waals surface area contributed by atoms with Crippen LogP contribution in [0.25, 0.3) is 11.1 Å². The van der Waals surface area contributed by atoms with Gasteiger partial charge in [0.05, 0.1) is 16.1 Å². The molecule has 0 aliphatic carbocycles. The van der Waals surface area contributed by atoms with Crippen LogP contribution in [0.5, 0.6) is 0 Å². The molecular formula is C14H14N4O4S. The molecule has 0 aromatic heterocycles. The zero-order valence-corrected chi connectivity index (χ0v) is 12.6. The second kappa shape index (κ2) is 6.07. The predicted octanol–water partition coefficient (Wildman–Crippen LogP) is 0.591. The van der Waals surface area contributed by atoms with Gasteiger partial charge in [-0.05, 0) is 17.7 Å². The van der Waals surface area contributed by atoms with Gasteiger partial charge in [-0.3, -0.25) is 4.79 Å². The molecule has 2 rings (SSSR count). The van der Waals surface area contributed by atoms with E-state index in [1.54, 1.807) is 30.3 Å². The Hall–Kier alpha value is -2.91. The molecule has 0 atom stereocenters. The number of urea groups is 1. The van der Waals surface area contributed by atoms with Gasteiger partial charge in [-0.25, -0.2) is 18.4 Å². The Balaban J connectivity index is 2.93. The molecule has 0 radical (unpaired) electrons. The van der Waals surface area contributed by atoms with Crippen LogP contribution in [0, 0.1) is 0 Å². The number of carbonyl (C=O) groups excluding carboxylic acids is 2. The van der Waals surface area contributed by atoms with Crippen molar-refractivity contribution in [3.05, 3.63) is 48.0 Å². The predicted molar refractivity (Wildman–Crippen MR) is 85.0 cm³/mol. The lowest BCUT2D eigenvalue weighted by molar-refractivity contribution is 0.100. The molecule has 0 saturated heterocycles. The fourth-order valence-corrected chi connectivity index (χ4v) is 2.93. The van der Waals surface area contributed by atoms with Gasteiger partial charge in [0.1, 0.15) is 0 Å². The molecule has 0 spiro atoms. The van der Waals surface area contributed by atoms with Crippen molar-refractivity contribution >= 4 is 27.6 Å². The van der Waals surface area contributed by atoms with Gasteiger partial charge in [-0.1, -0.05) is 30.3 Å². The summed E-state index contributed by atoms with van der Waals surface area (Å²) in [6, 6.07) is 9.59. The average Bonchev–Trinajstić information content (AvgIpc) is 2.45. The maximum absolute atomic E-state index is 11.9. The summed E-state index contributed by atoms with van der Waals surface area (Å²) in [6.07, 6.45) is 0. The van der Waals surface area contributed by atoms with E-state index in [2.05, 4.69) is 5.32 Å². The van der Waals surface area contributed by atoms with Crippen molar-refractivity contribution in [1.82, 2.24) is 0 Å². The smallest absolute Gasteiger partial charge is 0.316 e. The number of sulfonamides is 1. The third kappa shape index (κ3) is 3.47. The van der Waals surface area contributed by atoms with Gasteiger partial charge in [0, 0.05) is 5.56 Å². The normalized spacial score (nSPS) is 11.0. The van der Waals surface area contributed by atoms with Crippen LogP contribution < -0.4 is 21.9 Å². The fraction of sp³-hybridized carbons (Fsp3) is 0. The van der Waals surface area contributed by atoms with E-state index in [1.807, 2.05) is 0 Å². The summed E-state index contributed by atoms with van der Waals surface area (Å²) < 4.78 is 23.7. The number of primary sulfonamides is 1. The van der Waals surface area contributed by atoms with Crippen LogP contribution in [0.2, 0.25) is 0 Å². The third-order valence-electron chi connectivity index (χ3n) is 3.05. The van der Waals surface area contributed by atoms with E-state index in [0.29, 0.717) is 5.56 Å². The molecule has 2 aromatic rings. The standard InChI is InChI=1S/C14H14N4O4S/c15-13(19)9-6-7-10(23(17,21)22)11(12(9)18-14(16)20)8-4-2-1-3-5-8/h1-7H,(H2,15,19)(H3,16,18,20)(H2,17,21,22). The maximum atomic E-state index is 11.9. The third-order valence-corrected chi connectivity index (χ3v) is 4.00. The molecule has 0 fully saturated rings. The molecule has 0 bridgehead atoms. The molecule has 0 unspecified atom stereocenters. The fourth-order valence-electron chi connectivity index (χ4n) is 2.17. The van der Waals surface area contributed by atoms with Gasteiger partial charge < -0.3 is 16.8 Å². The Labute approximate surface area is 132 Å². The Morgan fingerprint density at radius 2 is 1.57 bits per heavy atom. The summed E-state index contributed by atoms with van der Waals surface area (Å²) >= 11 is 0. The molecule has 0 aliphatic rings. The molecule has 7 N–H and O–H groups in total. The summed E-state index contributed by atoms with van der Waals surface area (Å²) in [5.74, 6) is -0.855. The molecule has 120 valence electrons. The quantitative estimate of drug-likeness (QED) is 0.644. The number of hydrogen-bond donors (Lipinski definition) is 4. The van der Waals surface area contributed by atoms with E-state index < -0.39 is 22.0 Å². The highest BCUT2D eigenvalue weighted by Gasteiger charge is 2.24. The zero-order valence-electron chi connectivity index (χ0n) is 11.8. The molecule has 0 heterocycles. The minimum Gasteiger partial charge on any atom is -0.366 e. The van der Waals surface area contributed by atoms with Crippen molar-refractivity contribution in [2.24, 2.45) is 16.6 Å². The number of carbonyl (C=O) groups is 2. The number of primary amides is 2. The first-order chi connectivity index (χ1) is 10.7. The summed E-state index contributed by atoms with van der Waals surface area (Å²) in [5, 5.41) is 7.49. The summed E-state index contributed by atoms with van der Waals surface area (Å²) in [6.45, 7) is 0. The minimum absolute atomic E-state index is 0.0446. The van der Waals surface area contributed by atoms with Crippen LogP contribution >= 0.6 is 0 Å². The molecular weight excluding hydrogens is 320 g/mol. The van der Waals surface area contributed by atoms with Crippen LogP contribution in [-0.4, -0.2) is 20.4 Å². The van der Waals surface area contributed by atoms with Crippen molar-refractivity contribution in [2.75, 3.05) is 5.32 Å². The van der Waals surface area contributed by atoms with Crippen LogP contribution in [0.4, 0.5) is 10.5 Å². The van der Waals surface area contributed by atoms with Crippen LogP contribution in [0.3, 0.4) is 0 Å². The van der Waals surface area contributed by atoms with E-state index in [4.69, 9.17) is 16.6 Å². The lowest BCUT2D eigenvalue weighted by Crippen LogP contribution is -2.24. The van der Waals surface area contributed by atoms with Crippen LogP contribution in [0.1, 0.15) is 10.4 Å². The van der Waals surface area contributed by atoms with Gasteiger partial charge >= 0.3 is 6.03 Å². The zero-order chi connectivity index (χ0) is 17.2. The van der Waals surface area contributed by atoms with E-state index in [1.165, 1.54) is 6.07 Å². The summed E-state index contributed by atoms with van der Waals surface area (Å²) in [5.41, 5.74) is 10.7. The van der Waals surface area contributed by atoms with Crippen molar-refractivity contribution < 1.29 is 18.0 Å². The lowest BCUT2D eigenvalue weighted by Gasteiger charge is -2.17. The average molecular weight is 334 g/mol. The van der Waals surface area contributed by atoms with Crippen LogP contribution in [-0.2, 0) is 10.0 Å². The number of nitrogens with one attached hydrogen (secondary N) is 1. The molecule has 23 heavy (non-hydrogen) atoms. The topological polar surface area (TPSA) is 158 Å². The number of amides is 3. The molecule has 3 amide bonds. The first-order valence-electron chi connectivity index (χ1n) is 6.33. The Kier molecular flexibility index (Phi) is 4.34. The monoisotopic (exact) mass is 334 g/mol. The molecule has 8 nitrogen and oxygen atoms in total. The van der Waals surface area contributed by atoms with Crippen molar-refractivity contribution in [2.45, 2.75) is 4.90 Å². The van der Waals surface area contributed by atoms with Gasteiger partial charge in [0.2, 0.25) is 10.0 Å². The van der Waals surface area contributed by atoms with Gasteiger partial charge in [-0.2, -0.15) is 0 Å². The molecule has 9 heteroatoms. The Bertz CT molecular complexity index is 879. The second-order valence-electron chi connectivity index (χ2n) is 4.63. The Morgan fingerprint density at radius 1 is 0.957 bits per heavy atom. The minimum atomic E-state index is -4.13. The highest BCUT2D eigenvalue weighted by atomic mass is 32.2. The molecule has 0 aliphatic heterocycles. The second-order valence-corrected chi connectivity index (χ2v) is 6.16. The first kappa shape index (κ1) is 16.5. The summed E-state index contributed by atoms with van der Waals surface area (Å²) in [4.78, 5) is 22.6. The lowest BCUT2D eigenvalue weighted by atomic mass is 9.99. The van der Waals surface area contributed by atoms with Gasteiger partial charge in [0.15, 0.2) is 0 Å². The van der Waals surface area contributed by atoms with Crippen molar-refractivity contribution in [1.29, 1.82) is 0 Å². The number of hydrogen-bond acceptors (Lipinski definition) is 4. The van der Waals surface area contributed by atoms with Gasteiger partial charge in [0.25, 0.3) is 5.91 Å². The van der Waals surface area contributed by atoms with E-state index in [9.17, 15) is 18.0 Å². The van der Waals surface area contributed by atoms with Gasteiger partial charge in [-0.15, -0.1) is 0 Å². The Morgan fingerprint density at radius 3 is 2.04 bits per heavy atom. The molecule has 0 saturated carbocycles. The number of rotatable bonds is 4. The summed E-state index contributed by atoms with van der Waals surface area (Å²) in [7, 11) is -4.13. The van der Waals surface area contributed by atoms with Crippen molar-refractivity contribution in [3.8, 4) is 11.1 Å². The van der Waals surface area contributed by atoms with Crippen molar-refractivity contribution in [3.63, 3.8) is 0 Å². The SMILES string of the molecule is NC(=O)Nc1c(C(N)=O)ccc(S(N)(=O)=O)c1-c1ccccc1. The first-order valence-corrected chi connectivity index (χ1v) is 7.88. The number of benzene rings is 2. The maximum Gasteiger partial charge on any atom is 0.316 e. The van der Waals surface area contributed by atoms with E-state index in [-0.39, 0.29) is 21.7 Å². The van der Waals surface area contributed by atoms with Crippen LogP contribution in [0.15, 0.2) is 47.4 Å². The largest absolute Gasteiger partial charge is 0.366 e. The highest BCUT2D eigenvalue weighted by molar-refractivity contribution is 7.89.